The number of fused-ring (bicyclic) bond motifs is 1. The molecule has 3 fully saturated rings. The van der Waals surface area contributed by atoms with Crippen LogP contribution in [0.15, 0.2) is 36.4 Å². The predicted molar refractivity (Wildman–Crippen MR) is 153 cm³/mol. The topological polar surface area (TPSA) is 62.6 Å². The van der Waals surface area contributed by atoms with Gasteiger partial charge in [-0.25, -0.2) is 13.8 Å². The molecule has 0 unspecified atom stereocenters. The highest BCUT2D eigenvalue weighted by Crippen LogP contribution is 2.41. The molecule has 1 N–H and O–H groups in total. The monoisotopic (exact) mass is 551 g/mol. The van der Waals surface area contributed by atoms with E-state index in [2.05, 4.69) is 40.0 Å². The Morgan fingerprint density at radius 3 is 2.48 bits per heavy atom. The Labute approximate surface area is 234 Å². The van der Waals surface area contributed by atoms with Crippen LogP contribution in [0.4, 0.5) is 20.2 Å². The number of halogens is 2. The first-order valence-electron chi connectivity index (χ1n) is 14.7. The molecule has 3 aliphatic rings. The molecule has 0 spiro atoms. The molecule has 3 heterocycles. The van der Waals surface area contributed by atoms with Crippen molar-refractivity contribution in [2.75, 3.05) is 37.0 Å². The molecule has 1 aliphatic carbocycles. The summed E-state index contributed by atoms with van der Waals surface area (Å²) >= 11 is 0. The van der Waals surface area contributed by atoms with Gasteiger partial charge in [0.15, 0.2) is 11.6 Å². The zero-order chi connectivity index (χ0) is 27.8. The van der Waals surface area contributed by atoms with Crippen molar-refractivity contribution >= 4 is 28.3 Å². The second-order valence-corrected chi connectivity index (χ2v) is 11.5. The number of ether oxygens (including phenoxy) is 1. The van der Waals surface area contributed by atoms with Crippen LogP contribution in [0.5, 0.6) is 0 Å². The minimum atomic E-state index is -0.952. The maximum Gasteiger partial charge on any atom is 0.227 e. The summed E-state index contributed by atoms with van der Waals surface area (Å²) in [5, 5.41) is 3.44. The van der Waals surface area contributed by atoms with Gasteiger partial charge in [-0.1, -0.05) is 0 Å². The van der Waals surface area contributed by atoms with Crippen molar-refractivity contribution in [2.45, 2.75) is 82.0 Å². The van der Waals surface area contributed by atoms with E-state index in [0.29, 0.717) is 24.6 Å². The lowest BCUT2D eigenvalue weighted by molar-refractivity contribution is -0.120. The summed E-state index contributed by atoms with van der Waals surface area (Å²) < 4.78 is 36.1. The van der Waals surface area contributed by atoms with Gasteiger partial charge in [0, 0.05) is 50.1 Å². The number of carbonyl (C=O) groups excluding carboxylic acids is 1. The van der Waals surface area contributed by atoms with Gasteiger partial charge in [-0.05, 0) is 94.8 Å². The largest absolute Gasteiger partial charge is 0.381 e. The van der Waals surface area contributed by atoms with Crippen LogP contribution in [0.1, 0.15) is 75.7 Å². The number of imidazole rings is 1. The quantitative estimate of drug-likeness (QED) is 0.414. The number of nitrogens with one attached hydrogen (secondary N) is 1. The summed E-state index contributed by atoms with van der Waals surface area (Å²) in [6, 6.07) is 10.6. The molecule has 214 valence electrons. The predicted octanol–water partition coefficient (Wildman–Crippen LogP) is 5.89. The summed E-state index contributed by atoms with van der Waals surface area (Å²) in [4.78, 5) is 22.5. The van der Waals surface area contributed by atoms with Crippen LogP contribution < -0.4 is 15.1 Å². The Bertz CT molecular complexity index is 1360. The Kier molecular flexibility index (Phi) is 7.77. The molecular weight excluding hydrogens is 512 g/mol. The molecule has 1 atom stereocenters. The highest BCUT2D eigenvalue weighted by molar-refractivity contribution is 5.95. The molecule has 0 radical (unpaired) electrons. The minimum absolute atomic E-state index is 0.0877. The molecule has 6 rings (SSSR count). The van der Waals surface area contributed by atoms with Crippen molar-refractivity contribution in [3.05, 3.63) is 53.9 Å². The first-order chi connectivity index (χ1) is 19.4. The molecule has 40 heavy (non-hydrogen) atoms. The molecule has 3 aromatic rings. The number of amides is 1. The van der Waals surface area contributed by atoms with Crippen LogP contribution in [-0.2, 0) is 9.53 Å². The fraction of sp³-hybridized carbons (Fsp3) is 0.548. The molecule has 2 aromatic carbocycles. The number of methoxy groups -OCH3 is 1. The van der Waals surface area contributed by atoms with Gasteiger partial charge in [0.05, 0.1) is 23.2 Å². The summed E-state index contributed by atoms with van der Waals surface area (Å²) in [6.07, 6.45) is 8.12. The lowest BCUT2D eigenvalue weighted by Crippen LogP contribution is -2.41. The van der Waals surface area contributed by atoms with Gasteiger partial charge in [0.1, 0.15) is 5.82 Å². The molecule has 2 saturated heterocycles. The van der Waals surface area contributed by atoms with Gasteiger partial charge in [-0.2, -0.15) is 0 Å². The zero-order valence-electron chi connectivity index (χ0n) is 23.4. The van der Waals surface area contributed by atoms with Crippen molar-refractivity contribution in [1.82, 2.24) is 14.9 Å². The van der Waals surface area contributed by atoms with E-state index in [4.69, 9.17) is 9.72 Å². The first-order valence-corrected chi connectivity index (χ1v) is 14.7. The zero-order valence-corrected chi connectivity index (χ0v) is 23.4. The van der Waals surface area contributed by atoms with Gasteiger partial charge in [0.2, 0.25) is 5.91 Å². The van der Waals surface area contributed by atoms with Gasteiger partial charge in [-0.3, -0.25) is 4.79 Å². The molecule has 1 aromatic heterocycles. The lowest BCUT2D eigenvalue weighted by Gasteiger charge is -2.37. The minimum Gasteiger partial charge on any atom is -0.381 e. The number of piperidine rings is 2. The van der Waals surface area contributed by atoms with E-state index in [1.54, 1.807) is 12.0 Å². The normalized spacial score (nSPS) is 24.6. The Morgan fingerprint density at radius 2 is 1.75 bits per heavy atom. The Hall–Kier alpha value is -3.04. The summed E-state index contributed by atoms with van der Waals surface area (Å²) in [5.74, 6) is -1.13. The maximum absolute atomic E-state index is 14.3. The lowest BCUT2D eigenvalue weighted by atomic mass is 9.92. The van der Waals surface area contributed by atoms with Crippen molar-refractivity contribution in [3.63, 3.8) is 0 Å². The number of hydrogen-bond acceptors (Lipinski definition) is 5. The maximum atomic E-state index is 14.3. The van der Waals surface area contributed by atoms with Gasteiger partial charge < -0.3 is 24.4 Å². The van der Waals surface area contributed by atoms with Crippen LogP contribution in [0.3, 0.4) is 0 Å². The second-order valence-electron chi connectivity index (χ2n) is 11.5. The standard InChI is InChI=1S/C31H39F2N5O2/c1-36(20-14-16-34-17-15-20)22-9-13-28-27(19-22)35-31(38(28)21-6-10-24(40-2)11-7-21)29-4-3-5-30(39)37(29)23-8-12-25(32)26(33)18-23/h8-9,12-13,18-21,24,29,34H,3-7,10-11,14-17H2,1-2H3/t21-,24-,29-/m0/s1. The van der Waals surface area contributed by atoms with Crippen molar-refractivity contribution < 1.29 is 18.3 Å². The van der Waals surface area contributed by atoms with Crippen LogP contribution in [0.2, 0.25) is 0 Å². The molecule has 7 nitrogen and oxygen atoms in total. The van der Waals surface area contributed by atoms with Crippen LogP contribution in [-0.4, -0.2) is 54.9 Å². The smallest absolute Gasteiger partial charge is 0.227 e. The van der Waals surface area contributed by atoms with E-state index in [1.165, 1.54) is 6.07 Å². The molecular formula is C31H39F2N5O2. The summed E-state index contributed by atoms with van der Waals surface area (Å²) in [7, 11) is 3.93. The molecule has 9 heteroatoms. The molecule has 0 bridgehead atoms. The van der Waals surface area contributed by atoms with E-state index >= 15 is 0 Å². The van der Waals surface area contributed by atoms with Gasteiger partial charge >= 0.3 is 0 Å². The number of anilines is 2. The van der Waals surface area contributed by atoms with E-state index in [9.17, 15) is 13.6 Å². The first kappa shape index (κ1) is 27.1. The Balaban J connectivity index is 1.43. The fourth-order valence-electron chi connectivity index (χ4n) is 6.96. The van der Waals surface area contributed by atoms with Gasteiger partial charge in [0.25, 0.3) is 0 Å². The molecule has 1 saturated carbocycles. The third-order valence-electron chi connectivity index (χ3n) is 9.23. The number of hydrogen-bond donors (Lipinski definition) is 1. The van der Waals surface area contributed by atoms with Gasteiger partial charge in [-0.15, -0.1) is 0 Å². The average molecular weight is 552 g/mol. The number of carbonyl (C=O) groups is 1. The van der Waals surface area contributed by atoms with Crippen molar-refractivity contribution in [1.29, 1.82) is 0 Å². The van der Waals surface area contributed by atoms with Crippen molar-refractivity contribution in [2.24, 2.45) is 0 Å². The van der Waals surface area contributed by atoms with Crippen LogP contribution in [0, 0.1) is 11.6 Å². The van der Waals surface area contributed by atoms with Crippen LogP contribution >= 0.6 is 0 Å². The molecule has 1 amide bonds. The van der Waals surface area contributed by atoms with E-state index in [0.717, 1.165) is 92.7 Å². The van der Waals surface area contributed by atoms with Crippen molar-refractivity contribution in [3.8, 4) is 0 Å². The third kappa shape index (κ3) is 5.09. The van der Waals surface area contributed by atoms with Crippen LogP contribution in [0.25, 0.3) is 11.0 Å². The average Bonchev–Trinajstić information content (AvgIpc) is 3.37. The third-order valence-corrected chi connectivity index (χ3v) is 9.23. The highest BCUT2D eigenvalue weighted by Gasteiger charge is 2.36. The number of benzene rings is 2. The number of nitrogens with zero attached hydrogens (tertiary/aromatic N) is 4. The van der Waals surface area contributed by atoms with E-state index in [-0.39, 0.29) is 24.1 Å². The fourth-order valence-corrected chi connectivity index (χ4v) is 6.96. The summed E-state index contributed by atoms with van der Waals surface area (Å²) in [6.45, 7) is 2.05. The Morgan fingerprint density at radius 1 is 0.975 bits per heavy atom. The number of rotatable bonds is 6. The molecule has 2 aliphatic heterocycles. The summed E-state index contributed by atoms with van der Waals surface area (Å²) in [5.41, 5.74) is 3.48. The SMILES string of the molecule is CO[C@H]1CC[C@H](n2c([C@@H]3CCCC(=O)N3c3ccc(F)c(F)c3)nc3cc(N(C)C4CCNCC4)ccc32)CC1. The number of aromatic nitrogens is 2. The van der Waals surface area contributed by atoms with E-state index < -0.39 is 11.6 Å². The highest BCUT2D eigenvalue weighted by atomic mass is 19.2. The van der Waals surface area contributed by atoms with E-state index in [1.807, 2.05) is 0 Å². The second kappa shape index (κ2) is 11.4.